The molecule has 1 aromatic rings. The van der Waals surface area contributed by atoms with Gasteiger partial charge in [0.1, 0.15) is 5.75 Å². The maximum Gasteiger partial charge on any atom is 0.191 e. The molecule has 1 rings (SSSR count). The van der Waals surface area contributed by atoms with Gasteiger partial charge in [0, 0.05) is 38.8 Å². The smallest absolute Gasteiger partial charge is 0.191 e. The van der Waals surface area contributed by atoms with Crippen LogP contribution in [0, 0.1) is 0 Å². The number of aliphatic imine (C=N–C) groups is 1. The zero-order chi connectivity index (χ0) is 17.9. The third-order valence-corrected chi connectivity index (χ3v) is 4.05. The molecule has 0 unspecified atom stereocenters. The fourth-order valence-corrected chi connectivity index (χ4v) is 2.73. The Bertz CT molecular complexity index is 475. The van der Waals surface area contributed by atoms with Crippen molar-refractivity contribution in [2.24, 2.45) is 4.99 Å². The monoisotopic (exact) mass is 334 g/mol. The summed E-state index contributed by atoms with van der Waals surface area (Å²) >= 11 is 0. The molecule has 0 radical (unpaired) electrons. The first-order valence-electron chi connectivity index (χ1n) is 8.81. The molecule has 2 N–H and O–H groups in total. The van der Waals surface area contributed by atoms with E-state index in [0.29, 0.717) is 12.1 Å². The van der Waals surface area contributed by atoms with Gasteiger partial charge in [-0.2, -0.15) is 0 Å². The van der Waals surface area contributed by atoms with Gasteiger partial charge in [-0.3, -0.25) is 9.89 Å². The minimum absolute atomic E-state index is 0.581. The molecule has 0 saturated heterocycles. The second-order valence-corrected chi connectivity index (χ2v) is 6.48. The molecule has 5 heteroatoms. The zero-order valence-corrected chi connectivity index (χ0v) is 16.1. The van der Waals surface area contributed by atoms with Gasteiger partial charge >= 0.3 is 0 Å². The Balaban J connectivity index is 2.32. The molecule has 24 heavy (non-hydrogen) atoms. The predicted molar refractivity (Wildman–Crippen MR) is 103 cm³/mol. The van der Waals surface area contributed by atoms with Gasteiger partial charge in [-0.25, -0.2) is 0 Å². The largest absolute Gasteiger partial charge is 0.497 e. The number of ether oxygens (including phenoxy) is 1. The van der Waals surface area contributed by atoms with Crippen molar-refractivity contribution in [1.29, 1.82) is 0 Å². The van der Waals surface area contributed by atoms with Crippen LogP contribution in [-0.4, -0.2) is 50.2 Å². The SMILES string of the molecule is CN=C(NCCCN(C(C)C)C(C)C)NCc1ccc(OC)cc1. The number of nitrogens with zero attached hydrogens (tertiary/aromatic N) is 2. The first kappa shape index (κ1) is 20.3. The first-order valence-corrected chi connectivity index (χ1v) is 8.81. The highest BCUT2D eigenvalue weighted by atomic mass is 16.5. The Morgan fingerprint density at radius 2 is 1.71 bits per heavy atom. The zero-order valence-electron chi connectivity index (χ0n) is 16.1. The molecule has 0 aliphatic carbocycles. The molecule has 5 nitrogen and oxygen atoms in total. The van der Waals surface area contributed by atoms with Crippen LogP contribution in [0.1, 0.15) is 39.7 Å². The summed E-state index contributed by atoms with van der Waals surface area (Å²) in [5, 5.41) is 6.72. The Kier molecular flexibility index (Phi) is 9.23. The van der Waals surface area contributed by atoms with Crippen molar-refractivity contribution in [2.75, 3.05) is 27.2 Å². The molecular weight excluding hydrogens is 300 g/mol. The van der Waals surface area contributed by atoms with E-state index in [4.69, 9.17) is 4.74 Å². The van der Waals surface area contributed by atoms with Crippen molar-refractivity contribution in [3.8, 4) is 5.75 Å². The van der Waals surface area contributed by atoms with E-state index in [1.807, 2.05) is 12.1 Å². The van der Waals surface area contributed by atoms with Crippen LogP contribution in [0.2, 0.25) is 0 Å². The molecule has 0 amide bonds. The number of hydrogen-bond donors (Lipinski definition) is 2. The van der Waals surface area contributed by atoms with Gasteiger partial charge in [-0.1, -0.05) is 12.1 Å². The Morgan fingerprint density at radius 1 is 1.08 bits per heavy atom. The maximum atomic E-state index is 5.17. The van der Waals surface area contributed by atoms with Crippen molar-refractivity contribution < 1.29 is 4.74 Å². The third-order valence-electron chi connectivity index (χ3n) is 4.05. The highest BCUT2D eigenvalue weighted by molar-refractivity contribution is 5.79. The van der Waals surface area contributed by atoms with Crippen LogP contribution in [0.4, 0.5) is 0 Å². The molecule has 0 bridgehead atoms. The van der Waals surface area contributed by atoms with Crippen LogP contribution in [0.25, 0.3) is 0 Å². The normalized spacial score (nSPS) is 12.1. The first-order chi connectivity index (χ1) is 11.5. The molecule has 0 heterocycles. The van der Waals surface area contributed by atoms with Gasteiger partial charge in [0.25, 0.3) is 0 Å². The van der Waals surface area contributed by atoms with Crippen LogP contribution in [0.5, 0.6) is 5.75 Å². The highest BCUT2D eigenvalue weighted by Crippen LogP contribution is 2.10. The van der Waals surface area contributed by atoms with E-state index >= 15 is 0 Å². The fourth-order valence-electron chi connectivity index (χ4n) is 2.73. The topological polar surface area (TPSA) is 48.9 Å². The van der Waals surface area contributed by atoms with Crippen LogP contribution in [-0.2, 0) is 6.54 Å². The summed E-state index contributed by atoms with van der Waals surface area (Å²) in [4.78, 5) is 6.79. The van der Waals surface area contributed by atoms with Crippen molar-refractivity contribution in [3.05, 3.63) is 29.8 Å². The number of benzene rings is 1. The lowest BCUT2D eigenvalue weighted by Crippen LogP contribution is -2.41. The van der Waals surface area contributed by atoms with Gasteiger partial charge in [0.05, 0.1) is 7.11 Å². The second-order valence-electron chi connectivity index (χ2n) is 6.48. The highest BCUT2D eigenvalue weighted by Gasteiger charge is 2.12. The molecular formula is C19H34N4O. The summed E-state index contributed by atoms with van der Waals surface area (Å²) in [5.74, 6) is 1.72. The van der Waals surface area contributed by atoms with Crippen molar-refractivity contribution in [2.45, 2.75) is 52.7 Å². The van der Waals surface area contributed by atoms with E-state index in [1.54, 1.807) is 14.2 Å². The summed E-state index contributed by atoms with van der Waals surface area (Å²) in [5.41, 5.74) is 1.20. The van der Waals surface area contributed by atoms with E-state index in [1.165, 1.54) is 5.56 Å². The fraction of sp³-hybridized carbons (Fsp3) is 0.632. The quantitative estimate of drug-likeness (QED) is 0.414. The summed E-state index contributed by atoms with van der Waals surface area (Å²) in [6.07, 6.45) is 1.10. The summed E-state index contributed by atoms with van der Waals surface area (Å²) in [7, 11) is 3.48. The average molecular weight is 335 g/mol. The molecule has 0 spiro atoms. The minimum Gasteiger partial charge on any atom is -0.497 e. The standard InChI is InChI=1S/C19H34N4O/c1-15(2)23(16(3)4)13-7-12-21-19(20-5)22-14-17-8-10-18(24-6)11-9-17/h8-11,15-16H,7,12-14H2,1-6H3,(H2,20,21,22). The average Bonchev–Trinajstić information content (AvgIpc) is 2.57. The molecule has 0 saturated carbocycles. The third kappa shape index (κ3) is 7.21. The molecule has 1 aromatic carbocycles. The van der Waals surface area contributed by atoms with Crippen molar-refractivity contribution in [1.82, 2.24) is 15.5 Å². The number of rotatable bonds is 9. The molecule has 0 aliphatic heterocycles. The van der Waals surface area contributed by atoms with Crippen molar-refractivity contribution >= 4 is 5.96 Å². The maximum absolute atomic E-state index is 5.17. The van der Waals surface area contributed by atoms with Gasteiger partial charge < -0.3 is 15.4 Å². The van der Waals surface area contributed by atoms with E-state index in [0.717, 1.165) is 37.8 Å². The number of nitrogens with one attached hydrogen (secondary N) is 2. The lowest BCUT2D eigenvalue weighted by atomic mass is 10.2. The summed E-state index contributed by atoms with van der Waals surface area (Å²) < 4.78 is 5.17. The molecule has 0 atom stereocenters. The summed E-state index contributed by atoms with van der Waals surface area (Å²) in [6, 6.07) is 9.22. The van der Waals surface area contributed by atoms with Gasteiger partial charge in [0.15, 0.2) is 5.96 Å². The van der Waals surface area contributed by atoms with E-state index in [2.05, 4.69) is 60.4 Å². The minimum atomic E-state index is 0.581. The predicted octanol–water partition coefficient (Wildman–Crippen LogP) is 2.87. The molecule has 136 valence electrons. The van der Waals surface area contributed by atoms with Gasteiger partial charge in [-0.05, 0) is 51.8 Å². The molecule has 0 aromatic heterocycles. The van der Waals surface area contributed by atoms with E-state index < -0.39 is 0 Å². The van der Waals surface area contributed by atoms with E-state index in [9.17, 15) is 0 Å². The Hall–Kier alpha value is -1.75. The summed E-state index contributed by atoms with van der Waals surface area (Å²) in [6.45, 7) is 11.8. The van der Waals surface area contributed by atoms with Crippen LogP contribution >= 0.6 is 0 Å². The Labute approximate surface area is 147 Å². The lowest BCUT2D eigenvalue weighted by molar-refractivity contribution is 0.173. The molecule has 0 fully saturated rings. The number of methoxy groups -OCH3 is 1. The van der Waals surface area contributed by atoms with Gasteiger partial charge in [0.2, 0.25) is 0 Å². The number of hydrogen-bond acceptors (Lipinski definition) is 3. The number of guanidine groups is 1. The van der Waals surface area contributed by atoms with Crippen LogP contribution in [0.3, 0.4) is 0 Å². The van der Waals surface area contributed by atoms with Crippen LogP contribution in [0.15, 0.2) is 29.3 Å². The lowest BCUT2D eigenvalue weighted by Gasteiger charge is -2.30. The van der Waals surface area contributed by atoms with Crippen LogP contribution < -0.4 is 15.4 Å². The van der Waals surface area contributed by atoms with Gasteiger partial charge in [-0.15, -0.1) is 0 Å². The molecule has 0 aliphatic rings. The Morgan fingerprint density at radius 3 is 2.21 bits per heavy atom. The van der Waals surface area contributed by atoms with E-state index in [-0.39, 0.29) is 0 Å². The second kappa shape index (κ2) is 10.9. The van der Waals surface area contributed by atoms with Crippen molar-refractivity contribution in [3.63, 3.8) is 0 Å².